The number of ketones is 1. The maximum absolute atomic E-state index is 14.2. The Balaban J connectivity index is 0.00000561. The summed E-state index contributed by atoms with van der Waals surface area (Å²) in [6.07, 6.45) is 14.0. The Kier molecular flexibility index (Phi) is 12.8. The molecule has 0 spiro atoms. The van der Waals surface area contributed by atoms with Crippen molar-refractivity contribution >= 4 is 70.9 Å². The van der Waals surface area contributed by atoms with Crippen LogP contribution >= 0.6 is 0 Å². The topological polar surface area (TPSA) is 143 Å². The molecule has 0 N–H and O–H groups in total. The van der Waals surface area contributed by atoms with Gasteiger partial charge in [0, 0.05) is 17.5 Å². The molecule has 0 unspecified atom stereocenters. The third-order valence-corrected chi connectivity index (χ3v) is 11.2. The van der Waals surface area contributed by atoms with Crippen LogP contribution in [0.3, 0.4) is 0 Å². The standard InChI is InChI=1S/C43H50N4O6.Mg/c1-9-11-12-13-22(3)16-17-53-36(49)15-14-28-24(5)32-18-30-25(6)29(21-48)35(45-30)19-31-23(4)27(10-2)34(44-31)20-33-26(7)37-41(47-33)38(40(28)46-32)39(42(37)50)43(51)52-8;/h16,18-21,24,28,39H,9-15,17H2,1-8H3,(H2-2,44,45,46,47,48,50);/q-2;+2/p-2/b22-16+,32-18+;/t24-,28-,39+;/m0./s1. The molecule has 54 heavy (non-hydrogen) atoms. The molecule has 1 fully saturated rings. The Morgan fingerprint density at radius 2 is 1.63 bits per heavy atom. The smallest absolute Gasteiger partial charge is 0.664 e. The van der Waals surface area contributed by atoms with Gasteiger partial charge in [-0.25, -0.2) is 0 Å². The molecule has 3 aromatic rings. The predicted molar refractivity (Wildman–Crippen MR) is 209 cm³/mol. The molecule has 2 aliphatic heterocycles. The second kappa shape index (κ2) is 17.0. The van der Waals surface area contributed by atoms with E-state index in [4.69, 9.17) is 29.7 Å². The van der Waals surface area contributed by atoms with Crippen LogP contribution in [0.15, 0.2) is 23.0 Å². The fraction of sp³-hybridized carbons (Fsp3) is 0.442. The summed E-state index contributed by atoms with van der Waals surface area (Å²) < 4.78 is 10.8. The molecule has 280 valence electrons. The fourth-order valence-electron chi connectivity index (χ4n) is 7.92. The number of aromatic nitrogens is 3. The monoisotopic (exact) mass is 740 g/mol. The molecule has 3 atom stereocenters. The number of fused-ring (bicyclic) bond motifs is 7. The average Bonchev–Trinajstić information content (AvgIpc) is 3.87. The maximum atomic E-state index is 14.2. The van der Waals surface area contributed by atoms with Crippen molar-refractivity contribution in [1.29, 1.82) is 0 Å². The van der Waals surface area contributed by atoms with E-state index in [9.17, 15) is 19.2 Å². The molecule has 3 aliphatic rings. The van der Waals surface area contributed by atoms with E-state index >= 15 is 0 Å². The van der Waals surface area contributed by atoms with Gasteiger partial charge in [0.05, 0.1) is 7.11 Å². The number of Topliss-reactive ketones (excluding diaryl/α,β-unsaturated/α-hetero) is 1. The van der Waals surface area contributed by atoms with Crippen LogP contribution < -0.4 is 25.7 Å². The summed E-state index contributed by atoms with van der Waals surface area (Å²) >= 11 is 0. The SMILES string of the molecule is CCCCC/C(C)=C/COC(=O)CC[C@@H]1/C2=C3/c4[n-]c(c(C)c4C(=O)[C@@H]3C(=O)OC)/C=c3\[n-]/c(c(C)c3CC)=C\c3[n-]c(c(C)c3C=O)/C=C(/[N-]2)[C@H]1C.[Mg+2]. The van der Waals surface area contributed by atoms with Crippen LogP contribution in [0.1, 0.15) is 132 Å². The van der Waals surface area contributed by atoms with E-state index in [1.807, 2.05) is 52.0 Å². The Bertz CT molecular complexity index is 2210. The van der Waals surface area contributed by atoms with Gasteiger partial charge < -0.3 is 29.7 Å². The molecule has 0 aromatic carbocycles. The quantitative estimate of drug-likeness (QED) is 0.0573. The van der Waals surface area contributed by atoms with Gasteiger partial charge in [0.2, 0.25) is 0 Å². The first-order valence-electron chi connectivity index (χ1n) is 18.7. The predicted octanol–water partition coefficient (Wildman–Crippen LogP) is 5.68. The molecule has 6 rings (SSSR count). The summed E-state index contributed by atoms with van der Waals surface area (Å²) in [4.78, 5) is 68.1. The van der Waals surface area contributed by atoms with E-state index in [1.165, 1.54) is 12.7 Å². The number of rotatable bonds is 12. The van der Waals surface area contributed by atoms with Crippen molar-refractivity contribution in [3.8, 4) is 0 Å². The number of hydrogen-bond donors (Lipinski definition) is 0. The van der Waals surface area contributed by atoms with Gasteiger partial charge in [-0.3, -0.25) is 19.2 Å². The Hall–Kier alpha value is -4.35. The summed E-state index contributed by atoms with van der Waals surface area (Å²) in [6.45, 7) is 14.2. The summed E-state index contributed by atoms with van der Waals surface area (Å²) in [6, 6.07) is 0. The van der Waals surface area contributed by atoms with Crippen LogP contribution in [-0.4, -0.2) is 60.8 Å². The Morgan fingerprint density at radius 3 is 2.31 bits per heavy atom. The van der Waals surface area contributed by atoms with E-state index < -0.39 is 11.9 Å². The van der Waals surface area contributed by atoms with Crippen molar-refractivity contribution in [2.24, 2.45) is 17.8 Å². The molecule has 11 heteroatoms. The normalized spacial score (nSPS) is 22.3. The summed E-state index contributed by atoms with van der Waals surface area (Å²) in [7, 11) is 1.27. The largest absolute Gasteiger partial charge is 2.00 e. The first-order chi connectivity index (χ1) is 25.4. The van der Waals surface area contributed by atoms with Gasteiger partial charge in [-0.2, -0.15) is 11.4 Å². The van der Waals surface area contributed by atoms with Crippen LogP contribution in [0.25, 0.3) is 29.1 Å². The molecular formula is C43H48MgN4O6-2. The minimum absolute atomic E-state index is 0. The zero-order valence-electron chi connectivity index (χ0n) is 32.7. The van der Waals surface area contributed by atoms with E-state index in [2.05, 4.69) is 20.8 Å². The first kappa shape index (κ1) is 40.8. The van der Waals surface area contributed by atoms with Crippen LogP contribution in [0.2, 0.25) is 0 Å². The second-order valence-electron chi connectivity index (χ2n) is 14.4. The number of hydrogen-bond acceptors (Lipinski definition) is 6. The number of aldehydes is 1. The molecule has 0 radical (unpaired) electrons. The minimum Gasteiger partial charge on any atom is -0.664 e. The molecule has 0 amide bonds. The third kappa shape index (κ3) is 7.49. The molecule has 0 saturated carbocycles. The van der Waals surface area contributed by atoms with Crippen LogP contribution in [-0.2, 0) is 25.5 Å². The zero-order chi connectivity index (χ0) is 38.1. The summed E-state index contributed by atoms with van der Waals surface area (Å²) in [5.74, 6) is -3.26. The van der Waals surface area contributed by atoms with Crippen molar-refractivity contribution in [3.05, 3.63) is 95.2 Å². The van der Waals surface area contributed by atoms with Crippen molar-refractivity contribution < 1.29 is 28.7 Å². The van der Waals surface area contributed by atoms with Crippen molar-refractivity contribution in [2.75, 3.05) is 13.7 Å². The summed E-state index contributed by atoms with van der Waals surface area (Å²) in [5.41, 5.74) is 9.08. The average molecular weight is 741 g/mol. The molecule has 1 aliphatic carbocycles. The van der Waals surface area contributed by atoms with Gasteiger partial charge in [-0.1, -0.05) is 85.2 Å². The molecule has 8 bridgehead atoms. The number of ether oxygens (including phenoxy) is 2. The van der Waals surface area contributed by atoms with E-state index in [0.717, 1.165) is 43.1 Å². The van der Waals surface area contributed by atoms with Gasteiger partial charge >= 0.3 is 35.0 Å². The zero-order valence-corrected chi connectivity index (χ0v) is 34.1. The van der Waals surface area contributed by atoms with Gasteiger partial charge in [0.1, 0.15) is 18.8 Å². The Morgan fingerprint density at radius 1 is 0.907 bits per heavy atom. The van der Waals surface area contributed by atoms with Crippen LogP contribution in [0.4, 0.5) is 0 Å². The number of esters is 2. The van der Waals surface area contributed by atoms with Gasteiger partial charge in [-0.15, -0.1) is 33.5 Å². The van der Waals surface area contributed by atoms with E-state index in [1.54, 1.807) is 0 Å². The number of nitrogens with zero attached hydrogens (tertiary/aromatic N) is 4. The number of carbonyl (C=O) groups excluding carboxylic acids is 4. The first-order valence-corrected chi connectivity index (χ1v) is 18.7. The number of carbonyl (C=O) groups is 4. The molecule has 3 aromatic heterocycles. The number of allylic oxidation sites excluding steroid dienone is 3. The molecular weight excluding hydrogens is 693 g/mol. The molecule has 10 nitrogen and oxygen atoms in total. The minimum atomic E-state index is -1.25. The number of methoxy groups -OCH3 is 1. The van der Waals surface area contributed by atoms with Crippen LogP contribution in [0, 0.1) is 38.5 Å². The van der Waals surface area contributed by atoms with Gasteiger partial charge in [-0.05, 0) is 71.3 Å². The second-order valence-corrected chi connectivity index (χ2v) is 14.4. The van der Waals surface area contributed by atoms with E-state index in [0.29, 0.717) is 85.5 Å². The van der Waals surface area contributed by atoms with Crippen molar-refractivity contribution in [2.45, 2.75) is 93.4 Å². The fourth-order valence-corrected chi connectivity index (χ4v) is 7.92. The van der Waals surface area contributed by atoms with E-state index in [-0.39, 0.29) is 59.7 Å². The number of unbranched alkanes of at least 4 members (excludes halogenated alkanes) is 2. The van der Waals surface area contributed by atoms with Crippen LogP contribution in [0.5, 0.6) is 0 Å². The van der Waals surface area contributed by atoms with Crippen molar-refractivity contribution in [3.63, 3.8) is 0 Å². The third-order valence-electron chi connectivity index (χ3n) is 11.2. The summed E-state index contributed by atoms with van der Waals surface area (Å²) in [5, 5.41) is 6.55. The van der Waals surface area contributed by atoms with Gasteiger partial charge in [0.15, 0.2) is 5.78 Å². The van der Waals surface area contributed by atoms with Crippen molar-refractivity contribution in [1.82, 2.24) is 15.0 Å². The molecule has 1 saturated heterocycles. The van der Waals surface area contributed by atoms with Gasteiger partial charge in [0.25, 0.3) is 0 Å². The maximum Gasteiger partial charge on any atom is 2.00 e. The Labute approximate surface area is 333 Å². The molecule has 5 heterocycles.